The highest BCUT2D eigenvalue weighted by molar-refractivity contribution is 5.75. The van der Waals surface area contributed by atoms with Crippen molar-refractivity contribution < 1.29 is 37.8 Å². The highest BCUT2D eigenvalue weighted by Crippen LogP contribution is 2.38. The maximum Gasteiger partial charge on any atom is 0.330 e. The minimum atomic E-state index is -4.04. The summed E-state index contributed by atoms with van der Waals surface area (Å²) in [4.78, 5) is 48.1. The first-order valence-electron chi connectivity index (χ1n) is 9.17. The second-order valence-corrected chi connectivity index (χ2v) is 6.10. The number of halogens is 1. The van der Waals surface area contributed by atoms with E-state index < -0.39 is 65.6 Å². The van der Waals surface area contributed by atoms with Gasteiger partial charge in [0.2, 0.25) is 0 Å². The Labute approximate surface area is 155 Å². The number of nitrogens with two attached hydrogens (primary N) is 1. The van der Waals surface area contributed by atoms with Gasteiger partial charge in [-0.15, -0.1) is 0 Å². The number of alkyl halides is 1. The van der Waals surface area contributed by atoms with Crippen LogP contribution in [0.15, 0.2) is 15.8 Å². The number of nitrogens with one attached hydrogen (secondary N) is 1. The molecule has 1 saturated heterocycles. The van der Waals surface area contributed by atoms with Crippen LogP contribution >= 0.6 is 0 Å². The zero-order chi connectivity index (χ0) is 23.2. The van der Waals surface area contributed by atoms with Gasteiger partial charge in [0.1, 0.15) is 18.2 Å². The minimum Gasteiger partial charge on any atom is -0.458 e. The van der Waals surface area contributed by atoms with Gasteiger partial charge in [0.25, 0.3) is 11.4 Å². The molecule has 1 fully saturated rings. The number of esters is 1. The summed E-state index contributed by atoms with van der Waals surface area (Å²) in [6.07, 6.45) is -8.27. The molecule has 5 atom stereocenters. The summed E-state index contributed by atoms with van der Waals surface area (Å²) in [5.74, 6) is -5.97. The Kier molecular flexibility index (Phi) is 4.76. The van der Waals surface area contributed by atoms with Gasteiger partial charge in [-0.1, -0.05) is 13.8 Å². The fraction of sp³-hybridized carbons (Fsp3) is 0.600. The maximum absolute atomic E-state index is 15.4. The Morgan fingerprint density at radius 2 is 2.26 bits per heavy atom. The van der Waals surface area contributed by atoms with Gasteiger partial charge in [0.15, 0.2) is 19.0 Å². The number of carbonyl (C=O) groups excluding carboxylic acids is 2. The average molecular weight is 392 g/mol. The molecule has 0 amide bonds. The highest BCUT2D eigenvalue weighted by atomic mass is 19.2. The van der Waals surface area contributed by atoms with Crippen LogP contribution in [0.2, 0.25) is 0 Å². The molecule has 0 saturated carbocycles. The number of aliphatic hydroxyl groups is 2. The molecule has 1 aliphatic heterocycles. The summed E-state index contributed by atoms with van der Waals surface area (Å²) in [7, 11) is 0. The largest absolute Gasteiger partial charge is 0.458 e. The molecular weight excluding hydrogens is 369 g/mol. The number of rotatable bonds is 6. The van der Waals surface area contributed by atoms with Gasteiger partial charge in [-0.05, 0) is 5.92 Å². The van der Waals surface area contributed by atoms with Gasteiger partial charge in [-0.25, -0.2) is 9.18 Å². The van der Waals surface area contributed by atoms with Crippen molar-refractivity contribution in [3.8, 4) is 0 Å². The van der Waals surface area contributed by atoms with E-state index in [4.69, 9.17) is 9.85 Å². The van der Waals surface area contributed by atoms with Crippen LogP contribution in [0, 0.1) is 5.92 Å². The van der Waals surface area contributed by atoms with E-state index in [0.29, 0.717) is 6.20 Å². The van der Waals surface area contributed by atoms with Crippen molar-refractivity contribution >= 4 is 12.3 Å². The van der Waals surface area contributed by atoms with Crippen LogP contribution < -0.4 is 17.0 Å². The van der Waals surface area contributed by atoms with E-state index in [-0.39, 0.29) is 10.9 Å². The Hall–Kier alpha value is -2.41. The lowest BCUT2D eigenvalue weighted by atomic mass is 10.1. The van der Waals surface area contributed by atoms with Crippen LogP contribution in [0.25, 0.3) is 0 Å². The zero-order valence-corrected chi connectivity index (χ0v) is 14.2. The van der Waals surface area contributed by atoms with E-state index >= 15 is 4.39 Å². The first-order chi connectivity index (χ1) is 13.6. The third-order valence-corrected chi connectivity index (χ3v) is 3.80. The standard InChI is InChI=1S/C15H20FN3O8/c1-6(2)8(17)13(24)26-5-15(16)10(22)9(21)12(27-15)19-3-7(4-20)11(23)18-14(19)25/h3-4,6,8-10,12,21-22H,5,17H2,1-2H3,(H,18,23,25)/t8-,9+,10-,12+,15+/m0/s1/i5D2,12D. The number of aromatic amines is 1. The number of aldehydes is 1. The predicted octanol–water partition coefficient (Wildman–Crippen LogP) is -2.21. The number of hydrogen-bond donors (Lipinski definition) is 4. The lowest BCUT2D eigenvalue weighted by molar-refractivity contribution is -0.217. The number of aromatic nitrogens is 2. The zero-order valence-electron chi connectivity index (χ0n) is 17.2. The number of carbonyl (C=O) groups is 2. The van der Waals surface area contributed by atoms with E-state index in [2.05, 4.69) is 9.47 Å². The van der Waals surface area contributed by atoms with E-state index in [1.54, 1.807) is 4.98 Å². The summed E-state index contributed by atoms with van der Waals surface area (Å²) in [5, 5.41) is 20.3. The molecule has 27 heavy (non-hydrogen) atoms. The van der Waals surface area contributed by atoms with Crippen molar-refractivity contribution in [1.82, 2.24) is 9.55 Å². The molecular formula is C15H20FN3O8. The van der Waals surface area contributed by atoms with Crippen LogP contribution in [0.3, 0.4) is 0 Å². The Morgan fingerprint density at radius 1 is 1.63 bits per heavy atom. The van der Waals surface area contributed by atoms with Crippen molar-refractivity contribution in [2.75, 3.05) is 6.56 Å². The van der Waals surface area contributed by atoms with Gasteiger partial charge in [-0.2, -0.15) is 0 Å². The monoisotopic (exact) mass is 392 g/mol. The molecule has 0 aromatic carbocycles. The number of ether oxygens (including phenoxy) is 2. The summed E-state index contributed by atoms with van der Waals surface area (Å²) in [5.41, 5.74) is 2.22. The first kappa shape index (κ1) is 16.7. The number of aliphatic hydroxyl groups excluding tert-OH is 2. The van der Waals surface area contributed by atoms with E-state index in [1.165, 1.54) is 13.8 Å². The molecule has 5 N–H and O–H groups in total. The lowest BCUT2D eigenvalue weighted by Crippen LogP contribution is -2.46. The molecule has 11 nitrogen and oxygen atoms in total. The Balaban J connectivity index is 2.51. The van der Waals surface area contributed by atoms with Crippen molar-refractivity contribution in [2.45, 2.75) is 44.2 Å². The Morgan fingerprint density at radius 3 is 2.81 bits per heavy atom. The van der Waals surface area contributed by atoms with Gasteiger partial charge in [-0.3, -0.25) is 23.9 Å². The topological polar surface area (TPSA) is 174 Å². The SMILES string of the molecule is [2H]C([2H])(OC(=O)[C@@H](N)C(C)C)[C@@]1(F)O[C@@]([2H])(n2cc(C=O)c(=O)[nH]c2=O)[C@H](O)[C@@H]1O. The van der Waals surface area contributed by atoms with E-state index in [9.17, 15) is 29.4 Å². The third-order valence-electron chi connectivity index (χ3n) is 3.80. The second-order valence-electron chi connectivity index (χ2n) is 6.10. The van der Waals surface area contributed by atoms with E-state index in [1.807, 2.05) is 0 Å². The van der Waals surface area contributed by atoms with Crippen molar-refractivity contribution in [3.05, 3.63) is 32.6 Å². The molecule has 2 rings (SSSR count). The van der Waals surface area contributed by atoms with Crippen LogP contribution in [-0.2, 0) is 14.3 Å². The molecule has 2 heterocycles. The quantitative estimate of drug-likeness (QED) is 0.309. The normalized spacial score (nSPS) is 33.8. The number of hydrogen-bond acceptors (Lipinski definition) is 9. The van der Waals surface area contributed by atoms with Crippen LogP contribution in [0.1, 0.15) is 34.5 Å². The van der Waals surface area contributed by atoms with Crippen molar-refractivity contribution in [1.29, 1.82) is 0 Å². The molecule has 0 bridgehead atoms. The summed E-state index contributed by atoms with van der Waals surface area (Å²) in [6, 6.07) is -1.37. The fourth-order valence-corrected chi connectivity index (χ4v) is 2.08. The summed E-state index contributed by atoms with van der Waals surface area (Å²) < 4.78 is 48.1. The molecule has 0 radical (unpaired) electrons. The Bertz CT molecular complexity index is 969. The molecule has 0 unspecified atom stereocenters. The van der Waals surface area contributed by atoms with Crippen LogP contribution in [0.5, 0.6) is 0 Å². The lowest BCUT2D eigenvalue weighted by Gasteiger charge is -2.24. The highest BCUT2D eigenvalue weighted by Gasteiger charge is 2.57. The fourth-order valence-electron chi connectivity index (χ4n) is 2.08. The number of H-pyrrole nitrogens is 1. The molecule has 0 aliphatic carbocycles. The van der Waals surface area contributed by atoms with Crippen molar-refractivity contribution in [3.63, 3.8) is 0 Å². The van der Waals surface area contributed by atoms with Gasteiger partial charge < -0.3 is 25.4 Å². The molecule has 12 heteroatoms. The molecule has 1 aromatic rings. The smallest absolute Gasteiger partial charge is 0.330 e. The number of nitrogens with zero attached hydrogens (tertiary/aromatic N) is 1. The van der Waals surface area contributed by atoms with E-state index in [0.717, 1.165) is 0 Å². The van der Waals surface area contributed by atoms with Crippen molar-refractivity contribution in [2.24, 2.45) is 11.7 Å². The summed E-state index contributed by atoms with van der Waals surface area (Å²) in [6.45, 7) is -0.780. The van der Waals surface area contributed by atoms with Crippen LogP contribution in [-0.4, -0.2) is 62.7 Å². The maximum atomic E-state index is 15.4. The average Bonchev–Trinajstić information content (AvgIpc) is 2.82. The first-order valence-corrected chi connectivity index (χ1v) is 7.67. The predicted molar refractivity (Wildman–Crippen MR) is 86.5 cm³/mol. The van der Waals surface area contributed by atoms with Crippen LogP contribution in [0.4, 0.5) is 4.39 Å². The van der Waals surface area contributed by atoms with Gasteiger partial charge >= 0.3 is 11.7 Å². The molecule has 1 aliphatic rings. The minimum absolute atomic E-state index is 0.00700. The molecule has 0 spiro atoms. The van der Waals surface area contributed by atoms with Gasteiger partial charge in [0.05, 0.1) is 9.68 Å². The molecule has 150 valence electrons. The molecule has 1 aromatic heterocycles. The summed E-state index contributed by atoms with van der Waals surface area (Å²) >= 11 is 0. The van der Waals surface area contributed by atoms with Gasteiger partial charge in [0, 0.05) is 6.20 Å². The second kappa shape index (κ2) is 7.68. The third kappa shape index (κ3) is 3.98.